The Kier molecular flexibility index (Phi) is 7.50. The number of halogens is 1. The fourth-order valence-electron chi connectivity index (χ4n) is 3.44. The topological polar surface area (TPSA) is 78.7 Å². The predicted molar refractivity (Wildman–Crippen MR) is 114 cm³/mol. The molecule has 3 rings (SSSR count). The van der Waals surface area contributed by atoms with Gasteiger partial charge >= 0.3 is 0 Å². The Morgan fingerprint density at radius 2 is 1.83 bits per heavy atom. The van der Waals surface area contributed by atoms with Crippen LogP contribution in [0.25, 0.3) is 0 Å². The number of hydrogen-bond acceptors (Lipinski definition) is 4. The van der Waals surface area contributed by atoms with Crippen molar-refractivity contribution in [1.29, 1.82) is 5.26 Å². The Labute approximate surface area is 176 Å². The van der Waals surface area contributed by atoms with Crippen LogP contribution in [-0.2, 0) is 13.1 Å². The Morgan fingerprint density at radius 1 is 1.13 bits per heavy atom. The van der Waals surface area contributed by atoms with Crippen molar-refractivity contribution in [2.75, 3.05) is 14.2 Å². The molecule has 0 aromatic heterocycles. The SMILES string of the molecule is CN=C(NCc1ccc(C#N)cc1F)NCc1ccc(OC)cc1OC1CCCC1. The zero-order valence-corrected chi connectivity index (χ0v) is 17.4. The van der Waals surface area contributed by atoms with E-state index in [4.69, 9.17) is 14.7 Å². The van der Waals surface area contributed by atoms with E-state index in [0.29, 0.717) is 23.6 Å². The number of nitriles is 1. The van der Waals surface area contributed by atoms with Gasteiger partial charge in [-0.15, -0.1) is 0 Å². The first-order valence-corrected chi connectivity index (χ1v) is 10.1. The Balaban J connectivity index is 1.62. The van der Waals surface area contributed by atoms with Gasteiger partial charge in [0.05, 0.1) is 24.8 Å². The number of methoxy groups -OCH3 is 1. The molecular weight excluding hydrogens is 383 g/mol. The van der Waals surface area contributed by atoms with Crippen LogP contribution in [0.5, 0.6) is 11.5 Å². The van der Waals surface area contributed by atoms with E-state index in [2.05, 4.69) is 15.6 Å². The van der Waals surface area contributed by atoms with Crippen LogP contribution in [0.15, 0.2) is 41.4 Å². The van der Waals surface area contributed by atoms with Gasteiger partial charge in [-0.2, -0.15) is 5.26 Å². The van der Waals surface area contributed by atoms with Crippen molar-refractivity contribution in [3.63, 3.8) is 0 Å². The number of benzene rings is 2. The highest BCUT2D eigenvalue weighted by atomic mass is 19.1. The molecule has 0 amide bonds. The van der Waals surface area contributed by atoms with Crippen LogP contribution in [-0.4, -0.2) is 26.2 Å². The van der Waals surface area contributed by atoms with Crippen molar-refractivity contribution >= 4 is 5.96 Å². The first kappa shape index (κ1) is 21.4. The van der Waals surface area contributed by atoms with Crippen LogP contribution < -0.4 is 20.1 Å². The molecule has 0 heterocycles. The quantitative estimate of drug-likeness (QED) is 0.535. The summed E-state index contributed by atoms with van der Waals surface area (Å²) >= 11 is 0. The summed E-state index contributed by atoms with van der Waals surface area (Å²) in [4.78, 5) is 4.20. The minimum atomic E-state index is -0.417. The molecule has 0 saturated heterocycles. The smallest absolute Gasteiger partial charge is 0.191 e. The molecule has 2 N–H and O–H groups in total. The van der Waals surface area contributed by atoms with Crippen molar-refractivity contribution in [3.05, 3.63) is 58.9 Å². The maximum Gasteiger partial charge on any atom is 0.191 e. The monoisotopic (exact) mass is 410 g/mol. The van der Waals surface area contributed by atoms with E-state index in [1.807, 2.05) is 24.3 Å². The van der Waals surface area contributed by atoms with Gasteiger partial charge in [0, 0.05) is 37.3 Å². The van der Waals surface area contributed by atoms with Crippen LogP contribution in [0.2, 0.25) is 0 Å². The first-order valence-electron chi connectivity index (χ1n) is 10.1. The van der Waals surface area contributed by atoms with E-state index in [1.54, 1.807) is 26.3 Å². The molecule has 1 aliphatic carbocycles. The van der Waals surface area contributed by atoms with Crippen LogP contribution in [0.4, 0.5) is 4.39 Å². The lowest BCUT2D eigenvalue weighted by Gasteiger charge is -2.19. The number of guanidine groups is 1. The largest absolute Gasteiger partial charge is 0.497 e. The first-order chi connectivity index (χ1) is 14.6. The number of nitrogens with one attached hydrogen (secondary N) is 2. The average Bonchev–Trinajstić information content (AvgIpc) is 3.28. The van der Waals surface area contributed by atoms with Crippen LogP contribution in [0, 0.1) is 17.1 Å². The van der Waals surface area contributed by atoms with Gasteiger partial charge < -0.3 is 20.1 Å². The normalized spacial score (nSPS) is 14.3. The van der Waals surface area contributed by atoms with Crippen LogP contribution in [0.1, 0.15) is 42.4 Å². The fourth-order valence-corrected chi connectivity index (χ4v) is 3.44. The number of nitrogens with zero attached hydrogens (tertiary/aromatic N) is 2. The maximum absolute atomic E-state index is 14.1. The average molecular weight is 410 g/mol. The molecule has 6 nitrogen and oxygen atoms in total. The summed E-state index contributed by atoms with van der Waals surface area (Å²) in [6.45, 7) is 0.757. The summed E-state index contributed by atoms with van der Waals surface area (Å²) in [5.74, 6) is 1.69. The fraction of sp³-hybridized carbons (Fsp3) is 0.391. The molecule has 1 saturated carbocycles. The second-order valence-electron chi connectivity index (χ2n) is 7.20. The lowest BCUT2D eigenvalue weighted by atomic mass is 10.1. The van der Waals surface area contributed by atoms with E-state index in [0.717, 1.165) is 29.9 Å². The lowest BCUT2D eigenvalue weighted by molar-refractivity contribution is 0.207. The summed E-state index contributed by atoms with van der Waals surface area (Å²) in [6.07, 6.45) is 4.79. The van der Waals surface area contributed by atoms with Crippen molar-refractivity contribution < 1.29 is 13.9 Å². The third-order valence-electron chi connectivity index (χ3n) is 5.17. The molecule has 0 bridgehead atoms. The van der Waals surface area contributed by atoms with E-state index in [1.165, 1.54) is 18.9 Å². The maximum atomic E-state index is 14.1. The number of hydrogen-bond donors (Lipinski definition) is 2. The minimum Gasteiger partial charge on any atom is -0.497 e. The molecule has 0 unspecified atom stereocenters. The van der Waals surface area contributed by atoms with Gasteiger partial charge in [0.1, 0.15) is 17.3 Å². The van der Waals surface area contributed by atoms with Crippen molar-refractivity contribution in [1.82, 2.24) is 10.6 Å². The van der Waals surface area contributed by atoms with Crippen molar-refractivity contribution in [3.8, 4) is 17.6 Å². The predicted octanol–water partition coefficient (Wildman–Crippen LogP) is 3.89. The third-order valence-corrected chi connectivity index (χ3v) is 5.17. The van der Waals surface area contributed by atoms with Crippen molar-refractivity contribution in [2.45, 2.75) is 44.9 Å². The van der Waals surface area contributed by atoms with Gasteiger partial charge in [-0.05, 0) is 49.9 Å². The molecule has 0 atom stereocenters. The highest BCUT2D eigenvalue weighted by molar-refractivity contribution is 5.79. The van der Waals surface area contributed by atoms with Gasteiger partial charge in [-0.3, -0.25) is 4.99 Å². The van der Waals surface area contributed by atoms with E-state index in [9.17, 15) is 4.39 Å². The molecule has 1 aliphatic rings. The zero-order valence-electron chi connectivity index (χ0n) is 17.4. The highest BCUT2D eigenvalue weighted by Crippen LogP contribution is 2.30. The highest BCUT2D eigenvalue weighted by Gasteiger charge is 2.18. The Morgan fingerprint density at radius 3 is 2.47 bits per heavy atom. The second-order valence-corrected chi connectivity index (χ2v) is 7.20. The molecule has 30 heavy (non-hydrogen) atoms. The molecule has 0 radical (unpaired) electrons. The lowest BCUT2D eigenvalue weighted by Crippen LogP contribution is -2.36. The van der Waals surface area contributed by atoms with Crippen LogP contribution >= 0.6 is 0 Å². The van der Waals surface area contributed by atoms with E-state index >= 15 is 0 Å². The second kappa shape index (κ2) is 10.5. The Bertz CT molecular complexity index is 933. The molecule has 0 aliphatic heterocycles. The van der Waals surface area contributed by atoms with Crippen LogP contribution in [0.3, 0.4) is 0 Å². The molecule has 2 aromatic rings. The van der Waals surface area contributed by atoms with Gasteiger partial charge in [-0.1, -0.05) is 6.07 Å². The molecule has 1 fully saturated rings. The zero-order chi connectivity index (χ0) is 21.3. The molecule has 7 heteroatoms. The van der Waals surface area contributed by atoms with Gasteiger partial charge in [0.25, 0.3) is 0 Å². The molecule has 0 spiro atoms. The molecule has 2 aromatic carbocycles. The number of rotatable bonds is 7. The van der Waals surface area contributed by atoms with Gasteiger partial charge in [0.2, 0.25) is 0 Å². The summed E-state index contributed by atoms with van der Waals surface area (Å²) in [6, 6.07) is 12.2. The van der Waals surface area contributed by atoms with Gasteiger partial charge in [0.15, 0.2) is 5.96 Å². The van der Waals surface area contributed by atoms with E-state index < -0.39 is 5.82 Å². The summed E-state index contributed by atoms with van der Waals surface area (Å²) in [5, 5.41) is 15.2. The van der Waals surface area contributed by atoms with Crippen molar-refractivity contribution in [2.24, 2.45) is 4.99 Å². The Hall–Kier alpha value is -3.27. The molecular formula is C23H27FN4O2. The van der Waals surface area contributed by atoms with E-state index in [-0.39, 0.29) is 12.6 Å². The standard InChI is InChI=1S/C23H27FN4O2/c1-26-23(27-14-17-8-7-16(13-25)11-21(17)24)28-15-18-9-10-20(29-2)12-22(18)30-19-5-3-4-6-19/h7-12,19H,3-6,14-15H2,1-2H3,(H2,26,27,28). The third kappa shape index (κ3) is 5.63. The summed E-state index contributed by atoms with van der Waals surface area (Å²) < 4.78 is 25.7. The number of ether oxygens (including phenoxy) is 2. The number of aliphatic imine (C=N–C) groups is 1. The van der Waals surface area contributed by atoms with Gasteiger partial charge in [-0.25, -0.2) is 4.39 Å². The summed E-state index contributed by atoms with van der Waals surface area (Å²) in [7, 11) is 3.30. The molecule has 158 valence electrons. The summed E-state index contributed by atoms with van der Waals surface area (Å²) in [5.41, 5.74) is 1.76. The minimum absolute atomic E-state index is 0.243.